The molecule has 15 heavy (non-hydrogen) atoms. The van der Waals surface area contributed by atoms with E-state index in [-0.39, 0.29) is 5.69 Å². The molecule has 0 atom stereocenters. The zero-order valence-electron chi connectivity index (χ0n) is 7.63. The van der Waals surface area contributed by atoms with E-state index in [4.69, 9.17) is 0 Å². The molecule has 0 radical (unpaired) electrons. The highest BCUT2D eigenvalue weighted by atomic mass is 32.1. The average Bonchev–Trinajstić information content (AvgIpc) is 2.70. The normalized spacial score (nSPS) is 10.5. The Hall–Kier alpha value is -1.89. The largest absolute Gasteiger partial charge is 0.501 e. The fraction of sp³-hybridized carbons (Fsp3) is 0.125. The van der Waals surface area contributed by atoms with Gasteiger partial charge in [-0.3, -0.25) is 9.20 Å². The van der Waals surface area contributed by atoms with Gasteiger partial charge in [-0.2, -0.15) is 0 Å². The molecule has 0 bridgehead atoms. The maximum absolute atomic E-state index is 11.5. The summed E-state index contributed by atoms with van der Waals surface area (Å²) in [6.45, 7) is 0. The molecule has 1 N–H and O–H groups in total. The van der Waals surface area contributed by atoms with Crippen LogP contribution in [0.2, 0.25) is 0 Å². The van der Waals surface area contributed by atoms with Gasteiger partial charge in [0, 0.05) is 11.6 Å². The summed E-state index contributed by atoms with van der Waals surface area (Å²) in [7, 11) is 1.15. The molecule has 6 nitrogen and oxygen atoms in total. The van der Waals surface area contributed by atoms with Crippen molar-refractivity contribution in [3.63, 3.8) is 0 Å². The third kappa shape index (κ3) is 1.37. The molecule has 2 heterocycles. The molecule has 2 aromatic heterocycles. The lowest BCUT2D eigenvalue weighted by Crippen LogP contribution is -2.17. The van der Waals surface area contributed by atoms with E-state index >= 15 is 0 Å². The van der Waals surface area contributed by atoms with Crippen molar-refractivity contribution in [3.8, 4) is 5.75 Å². The zero-order chi connectivity index (χ0) is 11.0. The fourth-order valence-corrected chi connectivity index (χ4v) is 1.82. The van der Waals surface area contributed by atoms with Crippen LogP contribution in [0.4, 0.5) is 0 Å². The minimum Gasteiger partial charge on any atom is -0.501 e. The molecular formula is C8H6N2O4S. The summed E-state index contributed by atoms with van der Waals surface area (Å²) >= 11 is 1.19. The lowest BCUT2D eigenvalue weighted by molar-refractivity contribution is 0.0590. The van der Waals surface area contributed by atoms with Gasteiger partial charge in [-0.05, 0) is 0 Å². The Morgan fingerprint density at radius 1 is 1.67 bits per heavy atom. The summed E-state index contributed by atoms with van der Waals surface area (Å²) in [5.74, 6) is -1.53. The Morgan fingerprint density at radius 2 is 2.40 bits per heavy atom. The number of rotatable bonds is 1. The van der Waals surface area contributed by atoms with Crippen molar-refractivity contribution in [3.05, 3.63) is 27.6 Å². The molecule has 0 saturated carbocycles. The molecule has 0 aromatic carbocycles. The van der Waals surface area contributed by atoms with Gasteiger partial charge in [0.05, 0.1) is 7.11 Å². The summed E-state index contributed by atoms with van der Waals surface area (Å²) < 4.78 is 5.55. The maximum Gasteiger partial charge on any atom is 0.360 e. The summed E-state index contributed by atoms with van der Waals surface area (Å²) in [6.07, 6.45) is 1.47. The first-order valence-electron chi connectivity index (χ1n) is 3.92. The van der Waals surface area contributed by atoms with Gasteiger partial charge in [0.1, 0.15) is 0 Å². The van der Waals surface area contributed by atoms with Crippen LogP contribution in [0.25, 0.3) is 4.96 Å². The molecule has 0 aliphatic heterocycles. The topological polar surface area (TPSA) is 80.9 Å². The number of aromatic hydroxyl groups is 1. The molecule has 0 aliphatic carbocycles. The molecule has 0 unspecified atom stereocenters. The molecule has 78 valence electrons. The van der Waals surface area contributed by atoms with Crippen molar-refractivity contribution < 1.29 is 14.6 Å². The summed E-state index contributed by atoms with van der Waals surface area (Å²) in [5.41, 5.74) is -1.04. The van der Waals surface area contributed by atoms with Crippen molar-refractivity contribution >= 4 is 22.3 Å². The highest BCUT2D eigenvalue weighted by Crippen LogP contribution is 2.14. The van der Waals surface area contributed by atoms with E-state index in [0.29, 0.717) is 4.96 Å². The molecule has 0 fully saturated rings. The van der Waals surface area contributed by atoms with Gasteiger partial charge in [0.25, 0.3) is 0 Å². The monoisotopic (exact) mass is 226 g/mol. The second-order valence-electron chi connectivity index (χ2n) is 2.66. The number of carbonyl (C=O) groups excluding carboxylic acids is 1. The van der Waals surface area contributed by atoms with E-state index in [1.165, 1.54) is 17.5 Å². The summed E-state index contributed by atoms with van der Waals surface area (Å²) in [6, 6.07) is 0. The van der Waals surface area contributed by atoms with Crippen LogP contribution in [0.1, 0.15) is 10.5 Å². The van der Waals surface area contributed by atoms with Gasteiger partial charge >= 0.3 is 11.5 Å². The van der Waals surface area contributed by atoms with E-state index in [1.54, 1.807) is 5.38 Å². The maximum atomic E-state index is 11.5. The second-order valence-corrected chi connectivity index (χ2v) is 3.53. The molecule has 2 rings (SSSR count). The molecular weight excluding hydrogens is 220 g/mol. The number of thiazole rings is 1. The van der Waals surface area contributed by atoms with Crippen molar-refractivity contribution in [2.75, 3.05) is 7.11 Å². The Bertz CT molecular complexity index is 586. The zero-order valence-corrected chi connectivity index (χ0v) is 8.45. The van der Waals surface area contributed by atoms with Crippen LogP contribution in [0.3, 0.4) is 0 Å². The highest BCUT2D eigenvalue weighted by molar-refractivity contribution is 7.15. The third-order valence-electron chi connectivity index (χ3n) is 1.82. The number of carbonyl (C=O) groups is 1. The van der Waals surface area contributed by atoms with Crippen molar-refractivity contribution in [2.24, 2.45) is 0 Å². The number of hydrogen-bond acceptors (Lipinski definition) is 6. The minimum atomic E-state index is -0.833. The smallest absolute Gasteiger partial charge is 0.360 e. The molecule has 0 aliphatic rings. The number of ether oxygens (including phenoxy) is 1. The first kappa shape index (κ1) is 9.66. The van der Waals surface area contributed by atoms with Gasteiger partial charge in [0.15, 0.2) is 10.7 Å². The van der Waals surface area contributed by atoms with E-state index < -0.39 is 17.3 Å². The van der Waals surface area contributed by atoms with Gasteiger partial charge in [-0.15, -0.1) is 11.3 Å². The van der Waals surface area contributed by atoms with Crippen LogP contribution >= 0.6 is 11.3 Å². The number of fused-ring (bicyclic) bond motifs is 1. The van der Waals surface area contributed by atoms with Gasteiger partial charge < -0.3 is 9.84 Å². The molecule has 0 saturated heterocycles. The standard InChI is InChI=1S/C8H6N2O4S/c1-14-7(13)4-5(11)6(12)10-2-3-15-8(10)9-4/h2-3,11H,1H3. The first-order valence-corrected chi connectivity index (χ1v) is 4.80. The van der Waals surface area contributed by atoms with Crippen LogP contribution in [0.15, 0.2) is 16.4 Å². The van der Waals surface area contributed by atoms with Crippen molar-refractivity contribution in [1.82, 2.24) is 9.38 Å². The SMILES string of the molecule is COC(=O)c1nc2sccn2c(=O)c1O. The van der Waals surface area contributed by atoms with Gasteiger partial charge in [-0.25, -0.2) is 9.78 Å². The van der Waals surface area contributed by atoms with Crippen LogP contribution in [-0.4, -0.2) is 27.6 Å². The Balaban J connectivity index is 2.82. The predicted molar refractivity (Wildman–Crippen MR) is 52.3 cm³/mol. The number of methoxy groups -OCH3 is 1. The van der Waals surface area contributed by atoms with Crippen LogP contribution in [0.5, 0.6) is 5.75 Å². The van der Waals surface area contributed by atoms with E-state index in [2.05, 4.69) is 9.72 Å². The van der Waals surface area contributed by atoms with Crippen LogP contribution in [-0.2, 0) is 4.74 Å². The van der Waals surface area contributed by atoms with Gasteiger partial charge in [-0.1, -0.05) is 0 Å². The van der Waals surface area contributed by atoms with E-state index in [0.717, 1.165) is 11.5 Å². The second kappa shape index (κ2) is 3.35. The third-order valence-corrected chi connectivity index (χ3v) is 2.58. The Morgan fingerprint density at radius 3 is 3.07 bits per heavy atom. The minimum absolute atomic E-state index is 0.332. The predicted octanol–water partition coefficient (Wildman–Crippen LogP) is 0.248. The Kier molecular flexibility index (Phi) is 2.16. The molecule has 0 amide bonds. The van der Waals surface area contributed by atoms with Crippen LogP contribution in [0, 0.1) is 0 Å². The van der Waals surface area contributed by atoms with E-state index in [9.17, 15) is 14.7 Å². The quantitative estimate of drug-likeness (QED) is 0.705. The fourth-order valence-electron chi connectivity index (χ4n) is 1.11. The molecule has 7 heteroatoms. The number of hydrogen-bond donors (Lipinski definition) is 1. The lowest BCUT2D eigenvalue weighted by atomic mass is 10.4. The molecule has 0 spiro atoms. The van der Waals surface area contributed by atoms with E-state index in [1.807, 2.05) is 0 Å². The number of aromatic nitrogens is 2. The first-order chi connectivity index (χ1) is 7.15. The number of nitrogens with zero attached hydrogens (tertiary/aromatic N) is 2. The Labute approximate surface area is 87.4 Å². The summed E-state index contributed by atoms with van der Waals surface area (Å²) in [4.78, 5) is 26.8. The average molecular weight is 226 g/mol. The summed E-state index contributed by atoms with van der Waals surface area (Å²) in [5, 5.41) is 11.1. The molecule has 2 aromatic rings. The van der Waals surface area contributed by atoms with Crippen LogP contribution < -0.4 is 5.56 Å². The number of esters is 1. The van der Waals surface area contributed by atoms with Crippen molar-refractivity contribution in [2.45, 2.75) is 0 Å². The van der Waals surface area contributed by atoms with Crippen molar-refractivity contribution in [1.29, 1.82) is 0 Å². The van der Waals surface area contributed by atoms with Gasteiger partial charge in [0.2, 0.25) is 5.75 Å². The lowest BCUT2D eigenvalue weighted by Gasteiger charge is -2.01. The highest BCUT2D eigenvalue weighted by Gasteiger charge is 2.19.